The summed E-state index contributed by atoms with van der Waals surface area (Å²) in [6.45, 7) is 4.14. The predicted molar refractivity (Wildman–Crippen MR) is 63.3 cm³/mol. The number of ether oxygens (including phenoxy) is 1. The maximum atomic E-state index is 11.2. The van der Waals surface area contributed by atoms with Gasteiger partial charge in [0.1, 0.15) is 0 Å². The number of carbonyl (C=O) groups excluding carboxylic acids is 1. The van der Waals surface area contributed by atoms with E-state index in [1.165, 1.54) is 0 Å². The topological polar surface area (TPSA) is 38.3 Å². The van der Waals surface area contributed by atoms with Crippen molar-refractivity contribution in [3.8, 4) is 0 Å². The van der Waals surface area contributed by atoms with Crippen LogP contribution in [-0.2, 0) is 9.53 Å². The molecule has 0 saturated carbocycles. The van der Waals surface area contributed by atoms with Gasteiger partial charge in [0, 0.05) is 25.5 Å². The molecule has 90 valence electrons. The van der Waals surface area contributed by atoms with Gasteiger partial charge >= 0.3 is 0 Å². The van der Waals surface area contributed by atoms with Crippen molar-refractivity contribution in [1.29, 1.82) is 0 Å². The summed E-state index contributed by atoms with van der Waals surface area (Å²) in [5.41, 5.74) is 0. The Morgan fingerprint density at radius 2 is 2.07 bits per heavy atom. The van der Waals surface area contributed by atoms with Gasteiger partial charge in [-0.05, 0) is 19.3 Å². The van der Waals surface area contributed by atoms with E-state index in [1.54, 1.807) is 0 Å². The summed E-state index contributed by atoms with van der Waals surface area (Å²) >= 11 is 5.51. The Labute approximate surface area is 97.5 Å². The highest BCUT2D eigenvalue weighted by Gasteiger charge is 1.99. The summed E-state index contributed by atoms with van der Waals surface area (Å²) in [7, 11) is 0. The lowest BCUT2D eigenvalue weighted by Crippen LogP contribution is -2.27. The van der Waals surface area contributed by atoms with Crippen molar-refractivity contribution >= 4 is 17.5 Å². The van der Waals surface area contributed by atoms with Gasteiger partial charge in [-0.2, -0.15) is 0 Å². The second kappa shape index (κ2) is 11.8. The first-order valence-electron chi connectivity index (χ1n) is 5.71. The third-order valence-electron chi connectivity index (χ3n) is 2.00. The van der Waals surface area contributed by atoms with E-state index in [9.17, 15) is 4.79 Å². The summed E-state index contributed by atoms with van der Waals surface area (Å²) in [5.74, 6) is 0.729. The largest absolute Gasteiger partial charge is 0.380 e. The zero-order valence-electron chi connectivity index (χ0n) is 9.56. The lowest BCUT2D eigenvalue weighted by molar-refractivity contribution is -0.121. The highest BCUT2D eigenvalue weighted by atomic mass is 35.5. The van der Waals surface area contributed by atoms with Gasteiger partial charge in [0.25, 0.3) is 0 Å². The summed E-state index contributed by atoms with van der Waals surface area (Å²) in [4.78, 5) is 11.2. The molecular formula is C11H22ClNO2. The highest BCUT2D eigenvalue weighted by molar-refractivity contribution is 6.17. The lowest BCUT2D eigenvalue weighted by atomic mass is 10.2. The van der Waals surface area contributed by atoms with Gasteiger partial charge < -0.3 is 10.1 Å². The van der Waals surface area contributed by atoms with E-state index in [1.807, 2.05) is 0 Å². The van der Waals surface area contributed by atoms with Crippen LogP contribution in [-0.4, -0.2) is 31.5 Å². The average Bonchev–Trinajstić information content (AvgIpc) is 2.23. The Bertz CT molecular complexity index is 154. The fraction of sp³-hybridized carbons (Fsp3) is 0.909. The van der Waals surface area contributed by atoms with Gasteiger partial charge in [-0.25, -0.2) is 0 Å². The maximum Gasteiger partial charge on any atom is 0.220 e. The van der Waals surface area contributed by atoms with Crippen LogP contribution in [0.4, 0.5) is 0 Å². The zero-order valence-corrected chi connectivity index (χ0v) is 10.3. The van der Waals surface area contributed by atoms with Crippen LogP contribution in [0.2, 0.25) is 0 Å². The van der Waals surface area contributed by atoms with E-state index in [0.717, 1.165) is 32.3 Å². The molecule has 1 N–H and O–H groups in total. The SMILES string of the molecule is CCCCOCCNC(=O)CCCCCl. The van der Waals surface area contributed by atoms with Crippen LogP contribution in [0.3, 0.4) is 0 Å². The average molecular weight is 236 g/mol. The van der Waals surface area contributed by atoms with Crippen molar-refractivity contribution in [3.05, 3.63) is 0 Å². The fourth-order valence-corrected chi connectivity index (χ4v) is 1.27. The first-order valence-corrected chi connectivity index (χ1v) is 6.25. The third kappa shape index (κ3) is 11.6. The van der Waals surface area contributed by atoms with Crippen LogP contribution in [0.5, 0.6) is 0 Å². The number of hydrogen-bond donors (Lipinski definition) is 1. The molecule has 4 heteroatoms. The van der Waals surface area contributed by atoms with Crippen molar-refractivity contribution in [3.63, 3.8) is 0 Å². The van der Waals surface area contributed by atoms with Crippen molar-refractivity contribution < 1.29 is 9.53 Å². The van der Waals surface area contributed by atoms with E-state index in [-0.39, 0.29) is 5.91 Å². The van der Waals surface area contributed by atoms with Crippen LogP contribution in [0.15, 0.2) is 0 Å². The second-order valence-electron chi connectivity index (χ2n) is 3.46. The van der Waals surface area contributed by atoms with Crippen LogP contribution in [0, 0.1) is 0 Å². The van der Waals surface area contributed by atoms with Crippen molar-refractivity contribution in [2.24, 2.45) is 0 Å². The minimum atomic E-state index is 0.0965. The van der Waals surface area contributed by atoms with Gasteiger partial charge in [0.15, 0.2) is 0 Å². The van der Waals surface area contributed by atoms with E-state index in [4.69, 9.17) is 16.3 Å². The number of rotatable bonds is 10. The Hall–Kier alpha value is -0.280. The molecule has 15 heavy (non-hydrogen) atoms. The van der Waals surface area contributed by atoms with Crippen LogP contribution in [0.1, 0.15) is 39.0 Å². The Morgan fingerprint density at radius 1 is 1.27 bits per heavy atom. The molecule has 1 amide bonds. The molecule has 0 aromatic carbocycles. The van der Waals surface area contributed by atoms with Crippen LogP contribution >= 0.6 is 11.6 Å². The minimum absolute atomic E-state index is 0.0965. The number of unbranched alkanes of at least 4 members (excludes halogenated alkanes) is 2. The number of carbonyl (C=O) groups is 1. The minimum Gasteiger partial charge on any atom is -0.380 e. The highest BCUT2D eigenvalue weighted by Crippen LogP contribution is 1.96. The number of amides is 1. The molecule has 0 aromatic heterocycles. The smallest absolute Gasteiger partial charge is 0.220 e. The standard InChI is InChI=1S/C11H22ClNO2/c1-2-3-9-15-10-8-13-11(14)6-4-5-7-12/h2-10H2,1H3,(H,13,14). The number of alkyl halides is 1. The van der Waals surface area contributed by atoms with Gasteiger partial charge in [0.2, 0.25) is 5.91 Å². The Kier molecular flexibility index (Phi) is 11.6. The van der Waals surface area contributed by atoms with Crippen LogP contribution in [0.25, 0.3) is 0 Å². The maximum absolute atomic E-state index is 11.2. The molecule has 0 bridgehead atoms. The van der Waals surface area contributed by atoms with Crippen molar-refractivity contribution in [2.45, 2.75) is 39.0 Å². The van der Waals surface area contributed by atoms with E-state index in [0.29, 0.717) is 25.5 Å². The molecule has 0 aliphatic carbocycles. The first kappa shape index (κ1) is 14.7. The van der Waals surface area contributed by atoms with E-state index < -0.39 is 0 Å². The van der Waals surface area contributed by atoms with Gasteiger partial charge in [0.05, 0.1) is 6.61 Å². The third-order valence-corrected chi connectivity index (χ3v) is 2.27. The molecule has 0 fully saturated rings. The summed E-state index contributed by atoms with van der Waals surface area (Å²) in [5, 5.41) is 2.81. The second-order valence-corrected chi connectivity index (χ2v) is 3.84. The molecule has 0 aromatic rings. The molecule has 0 rings (SSSR count). The molecule has 3 nitrogen and oxygen atoms in total. The molecule has 0 aliphatic rings. The molecular weight excluding hydrogens is 214 g/mol. The van der Waals surface area contributed by atoms with Gasteiger partial charge in [-0.15, -0.1) is 11.6 Å². The van der Waals surface area contributed by atoms with Crippen molar-refractivity contribution in [1.82, 2.24) is 5.32 Å². The van der Waals surface area contributed by atoms with Crippen LogP contribution < -0.4 is 5.32 Å². The molecule has 0 radical (unpaired) electrons. The number of hydrogen-bond acceptors (Lipinski definition) is 2. The summed E-state index contributed by atoms with van der Waals surface area (Å²) in [6, 6.07) is 0. The lowest BCUT2D eigenvalue weighted by Gasteiger charge is -2.05. The Balaban J connectivity index is 3.10. The number of nitrogens with one attached hydrogen (secondary N) is 1. The molecule has 0 unspecified atom stereocenters. The molecule has 0 atom stereocenters. The van der Waals surface area contributed by atoms with Gasteiger partial charge in [-0.1, -0.05) is 13.3 Å². The monoisotopic (exact) mass is 235 g/mol. The summed E-state index contributed by atoms with van der Waals surface area (Å²) < 4.78 is 5.31. The van der Waals surface area contributed by atoms with E-state index >= 15 is 0 Å². The molecule has 0 spiro atoms. The predicted octanol–water partition coefficient (Wildman–Crippen LogP) is 2.33. The normalized spacial score (nSPS) is 10.3. The summed E-state index contributed by atoms with van der Waals surface area (Å²) in [6.07, 6.45) is 4.57. The molecule has 0 aliphatic heterocycles. The zero-order chi connectivity index (χ0) is 11.4. The molecule has 0 heterocycles. The number of halogens is 1. The van der Waals surface area contributed by atoms with Gasteiger partial charge in [-0.3, -0.25) is 4.79 Å². The molecule has 0 saturated heterocycles. The van der Waals surface area contributed by atoms with Crippen molar-refractivity contribution in [2.75, 3.05) is 25.6 Å². The first-order chi connectivity index (χ1) is 7.31. The fourth-order valence-electron chi connectivity index (χ4n) is 1.08. The van der Waals surface area contributed by atoms with E-state index in [2.05, 4.69) is 12.2 Å². The quantitative estimate of drug-likeness (QED) is 0.466. The Morgan fingerprint density at radius 3 is 2.73 bits per heavy atom.